The number of aromatic nitrogens is 2. The van der Waals surface area contributed by atoms with E-state index < -0.39 is 16.6 Å². The van der Waals surface area contributed by atoms with Gasteiger partial charge in [0, 0.05) is 24.6 Å². The minimum absolute atomic E-state index is 0.149. The van der Waals surface area contributed by atoms with Crippen molar-refractivity contribution in [3.63, 3.8) is 0 Å². The largest absolute Gasteiger partial charge is 0.487 e. The van der Waals surface area contributed by atoms with Crippen molar-refractivity contribution >= 4 is 17.6 Å². The molecule has 0 radical (unpaired) electrons. The number of nitrogens with zero attached hydrogens (tertiary/aromatic N) is 3. The second-order valence-electron chi connectivity index (χ2n) is 8.91. The number of nitrogens with two attached hydrogens (primary N) is 1. The molecule has 32 heavy (non-hydrogen) atoms. The number of carbonyl (C=O) groups is 1. The Balaban J connectivity index is 1.48. The smallest absolute Gasteiger partial charge is 0.283 e. The molecule has 1 atom stereocenters. The van der Waals surface area contributed by atoms with Crippen LogP contribution < -0.4 is 15.8 Å². The number of methoxy groups -OCH3 is 1. The van der Waals surface area contributed by atoms with Gasteiger partial charge in [-0.1, -0.05) is 0 Å². The Hall–Kier alpha value is -3.11. The Kier molecular flexibility index (Phi) is 4.68. The topological polar surface area (TPSA) is 122 Å². The predicted octanol–water partition coefficient (Wildman–Crippen LogP) is 1.51. The number of hydrogen-bond acceptors (Lipinski definition) is 8. The highest BCUT2D eigenvalue weighted by molar-refractivity contribution is 6.02. The molecule has 2 spiro atoms. The van der Waals surface area contributed by atoms with E-state index in [-0.39, 0.29) is 11.9 Å². The molecule has 3 aliphatic heterocycles. The van der Waals surface area contributed by atoms with Crippen LogP contribution in [-0.4, -0.2) is 60.8 Å². The van der Waals surface area contributed by atoms with Gasteiger partial charge in [0.1, 0.15) is 23.5 Å². The molecular formula is C22H27N5O5. The molecule has 1 saturated heterocycles. The predicted molar refractivity (Wildman–Crippen MR) is 116 cm³/mol. The molecule has 0 saturated carbocycles. The first-order valence-electron chi connectivity index (χ1n) is 10.5. The van der Waals surface area contributed by atoms with Crippen LogP contribution in [0.1, 0.15) is 29.9 Å². The number of aliphatic imine (C=N–C) groups is 1. The summed E-state index contributed by atoms with van der Waals surface area (Å²) in [7, 11) is 1.62. The third-order valence-corrected chi connectivity index (χ3v) is 6.82. The lowest BCUT2D eigenvalue weighted by Gasteiger charge is -2.61. The Morgan fingerprint density at radius 3 is 2.75 bits per heavy atom. The first kappa shape index (κ1) is 20.8. The molecule has 2 aromatic rings. The van der Waals surface area contributed by atoms with Crippen molar-refractivity contribution < 1.29 is 23.7 Å². The highest BCUT2D eigenvalue weighted by Crippen LogP contribution is 2.62. The SMILES string of the molecule is COCCn1ccc(C(=O)Nc2ccc3c(c2)C2(COC(N)=N2)C2(COC2)C(C)(C)O3)n1. The third kappa shape index (κ3) is 2.90. The molecule has 170 valence electrons. The fourth-order valence-corrected chi connectivity index (χ4v) is 4.84. The van der Waals surface area contributed by atoms with Crippen LogP contribution in [0.4, 0.5) is 5.69 Å². The van der Waals surface area contributed by atoms with E-state index in [4.69, 9.17) is 29.7 Å². The summed E-state index contributed by atoms with van der Waals surface area (Å²) in [5, 5.41) is 7.23. The summed E-state index contributed by atoms with van der Waals surface area (Å²) in [6, 6.07) is 7.36. The van der Waals surface area contributed by atoms with Gasteiger partial charge in [-0.2, -0.15) is 5.10 Å². The van der Waals surface area contributed by atoms with Crippen LogP contribution in [0.3, 0.4) is 0 Å². The number of hydrogen-bond donors (Lipinski definition) is 2. The first-order valence-corrected chi connectivity index (χ1v) is 10.5. The lowest BCUT2D eigenvalue weighted by molar-refractivity contribution is -0.247. The zero-order valence-corrected chi connectivity index (χ0v) is 18.4. The van der Waals surface area contributed by atoms with Crippen molar-refractivity contribution in [3.8, 4) is 5.75 Å². The van der Waals surface area contributed by atoms with E-state index in [0.29, 0.717) is 50.1 Å². The summed E-state index contributed by atoms with van der Waals surface area (Å²) in [5.41, 5.74) is 5.99. The average molecular weight is 441 g/mol. The number of fused-ring (bicyclic) bond motifs is 3. The van der Waals surface area contributed by atoms with Crippen LogP contribution in [0.15, 0.2) is 35.5 Å². The zero-order chi connectivity index (χ0) is 22.6. The second-order valence-corrected chi connectivity index (χ2v) is 8.91. The molecule has 10 nitrogen and oxygen atoms in total. The van der Waals surface area contributed by atoms with Crippen molar-refractivity contribution in [3.05, 3.63) is 41.7 Å². The molecule has 1 aromatic heterocycles. The maximum atomic E-state index is 12.8. The van der Waals surface area contributed by atoms with Crippen molar-refractivity contribution in [2.24, 2.45) is 16.1 Å². The van der Waals surface area contributed by atoms with Gasteiger partial charge in [-0.3, -0.25) is 9.48 Å². The van der Waals surface area contributed by atoms with E-state index in [2.05, 4.69) is 10.4 Å². The number of amides is 1. The summed E-state index contributed by atoms with van der Waals surface area (Å²) < 4.78 is 24.4. The Bertz CT molecular complexity index is 1090. The summed E-state index contributed by atoms with van der Waals surface area (Å²) in [4.78, 5) is 17.6. The monoisotopic (exact) mass is 441 g/mol. The van der Waals surface area contributed by atoms with Crippen LogP contribution in [0.2, 0.25) is 0 Å². The van der Waals surface area contributed by atoms with Crippen molar-refractivity contribution in [2.75, 3.05) is 38.9 Å². The zero-order valence-electron chi connectivity index (χ0n) is 18.4. The van der Waals surface area contributed by atoms with Gasteiger partial charge in [0.15, 0.2) is 5.69 Å². The number of rotatable bonds is 5. The maximum absolute atomic E-state index is 12.8. The lowest BCUT2D eigenvalue weighted by Crippen LogP contribution is -2.71. The molecule has 1 unspecified atom stereocenters. The Labute approximate surface area is 185 Å². The maximum Gasteiger partial charge on any atom is 0.283 e. The number of benzene rings is 1. The number of carbonyl (C=O) groups excluding carboxylic acids is 1. The number of anilines is 1. The molecule has 10 heteroatoms. The van der Waals surface area contributed by atoms with E-state index in [1.54, 1.807) is 30.1 Å². The van der Waals surface area contributed by atoms with Crippen LogP contribution in [0.25, 0.3) is 0 Å². The van der Waals surface area contributed by atoms with Crippen LogP contribution in [0, 0.1) is 5.41 Å². The van der Waals surface area contributed by atoms with Crippen molar-refractivity contribution in [1.29, 1.82) is 0 Å². The molecule has 3 aliphatic rings. The average Bonchev–Trinajstić information content (AvgIpc) is 3.33. The van der Waals surface area contributed by atoms with Gasteiger partial charge < -0.3 is 30.0 Å². The summed E-state index contributed by atoms with van der Waals surface area (Å²) in [6.07, 6.45) is 1.75. The quantitative estimate of drug-likeness (QED) is 0.721. The minimum Gasteiger partial charge on any atom is -0.487 e. The molecule has 0 bridgehead atoms. The highest BCUT2D eigenvalue weighted by atomic mass is 16.5. The van der Waals surface area contributed by atoms with Crippen LogP contribution >= 0.6 is 0 Å². The van der Waals surface area contributed by atoms with Gasteiger partial charge in [0.05, 0.1) is 31.8 Å². The van der Waals surface area contributed by atoms with Crippen LogP contribution in [0.5, 0.6) is 5.75 Å². The van der Waals surface area contributed by atoms with Gasteiger partial charge in [-0.25, -0.2) is 4.99 Å². The minimum atomic E-state index is -0.755. The Morgan fingerprint density at radius 1 is 1.28 bits per heavy atom. The molecule has 0 aliphatic carbocycles. The standard InChI is InChI=1S/C22H27N5O5/c1-20(2)21(11-30-12-21)22(13-31-19(23)25-22)15-10-14(4-5-17(15)32-20)24-18(28)16-6-7-27(26-16)8-9-29-3/h4-7,10H,8-9,11-13H2,1-3H3,(H2,23,25)(H,24,28). The Morgan fingerprint density at radius 2 is 2.09 bits per heavy atom. The highest BCUT2D eigenvalue weighted by Gasteiger charge is 2.71. The van der Waals surface area contributed by atoms with Gasteiger partial charge in [-0.15, -0.1) is 0 Å². The third-order valence-electron chi connectivity index (χ3n) is 6.82. The summed E-state index contributed by atoms with van der Waals surface area (Å²) in [6.45, 7) is 6.43. The van der Waals surface area contributed by atoms with Crippen molar-refractivity contribution in [1.82, 2.24) is 9.78 Å². The van der Waals surface area contributed by atoms with Crippen molar-refractivity contribution in [2.45, 2.75) is 31.5 Å². The van der Waals surface area contributed by atoms with E-state index in [0.717, 1.165) is 5.56 Å². The molecule has 3 N–H and O–H groups in total. The molecule has 1 fully saturated rings. The van der Waals surface area contributed by atoms with Gasteiger partial charge in [0.2, 0.25) is 0 Å². The summed E-state index contributed by atoms with van der Waals surface area (Å²) in [5.74, 6) is 0.385. The number of amidine groups is 1. The van der Waals surface area contributed by atoms with E-state index in [9.17, 15) is 4.79 Å². The fourth-order valence-electron chi connectivity index (χ4n) is 4.84. The van der Waals surface area contributed by atoms with E-state index in [1.165, 1.54) is 0 Å². The lowest BCUT2D eigenvalue weighted by atomic mass is 9.55. The number of ether oxygens (including phenoxy) is 4. The summed E-state index contributed by atoms with van der Waals surface area (Å²) >= 11 is 0. The van der Waals surface area contributed by atoms with Gasteiger partial charge in [-0.05, 0) is 38.1 Å². The molecule has 4 heterocycles. The second kappa shape index (κ2) is 7.21. The van der Waals surface area contributed by atoms with E-state index >= 15 is 0 Å². The fraction of sp³-hybridized carbons (Fsp3) is 0.500. The molecule has 1 amide bonds. The van der Waals surface area contributed by atoms with Gasteiger partial charge in [0.25, 0.3) is 11.9 Å². The van der Waals surface area contributed by atoms with Gasteiger partial charge >= 0.3 is 0 Å². The van der Waals surface area contributed by atoms with E-state index in [1.807, 2.05) is 26.0 Å². The normalized spacial score (nSPS) is 24.3. The number of nitrogens with one attached hydrogen (secondary N) is 1. The molecule has 5 rings (SSSR count). The van der Waals surface area contributed by atoms with Crippen LogP contribution in [-0.2, 0) is 26.3 Å². The molecule has 1 aromatic carbocycles. The molecular weight excluding hydrogens is 414 g/mol. The first-order chi connectivity index (χ1) is 15.3.